The average Bonchev–Trinajstić information content (AvgIpc) is 3.28. The topological polar surface area (TPSA) is 76.2 Å². The number of halogens is 2. The van der Waals surface area contributed by atoms with E-state index in [1.165, 1.54) is 0 Å². The zero-order valence-corrected chi connectivity index (χ0v) is 17.0. The Morgan fingerprint density at radius 3 is 2.78 bits per heavy atom. The van der Waals surface area contributed by atoms with Crippen LogP contribution in [0.3, 0.4) is 0 Å². The zero-order chi connectivity index (χ0) is 19.0. The van der Waals surface area contributed by atoms with Crippen LogP contribution in [0.1, 0.15) is 5.56 Å². The van der Waals surface area contributed by atoms with Crippen LogP contribution in [-0.2, 0) is 6.54 Å². The minimum atomic E-state index is 0.139. The maximum absolute atomic E-state index is 6.04. The molecule has 0 radical (unpaired) electrons. The van der Waals surface area contributed by atoms with E-state index in [0.29, 0.717) is 22.6 Å². The van der Waals surface area contributed by atoms with Crippen LogP contribution in [0.15, 0.2) is 47.3 Å². The van der Waals surface area contributed by atoms with Crippen molar-refractivity contribution in [2.75, 3.05) is 24.3 Å². The Morgan fingerprint density at radius 2 is 2.00 bits per heavy atom. The molecule has 4 aromatic rings. The van der Waals surface area contributed by atoms with Crippen molar-refractivity contribution in [2.24, 2.45) is 0 Å². The maximum atomic E-state index is 6.04. The molecule has 3 heterocycles. The molecule has 1 N–H and O–H groups in total. The van der Waals surface area contributed by atoms with Crippen molar-refractivity contribution in [1.82, 2.24) is 29.4 Å². The van der Waals surface area contributed by atoms with Gasteiger partial charge in [-0.05, 0) is 39.2 Å². The van der Waals surface area contributed by atoms with Crippen molar-refractivity contribution in [1.29, 1.82) is 0 Å². The first-order valence-corrected chi connectivity index (χ1v) is 9.32. The molecular formula is C17H16BrClN8. The number of fused-ring (bicyclic) bond motifs is 1. The molecule has 0 aliphatic heterocycles. The van der Waals surface area contributed by atoms with E-state index < -0.39 is 0 Å². The molecule has 0 unspecified atom stereocenters. The summed E-state index contributed by atoms with van der Waals surface area (Å²) in [5.41, 5.74) is 2.64. The van der Waals surface area contributed by atoms with Crippen LogP contribution in [0.4, 0.5) is 11.6 Å². The quantitative estimate of drug-likeness (QED) is 0.505. The highest BCUT2D eigenvalue weighted by atomic mass is 79.9. The third-order valence-corrected chi connectivity index (χ3v) is 4.71. The highest BCUT2D eigenvalue weighted by Gasteiger charge is 2.12. The summed E-state index contributed by atoms with van der Waals surface area (Å²) in [6.07, 6.45) is 3.60. The molecule has 0 atom stereocenters. The molecule has 0 fully saturated rings. The number of hydrogen-bond acceptors (Lipinski definition) is 6. The number of benzene rings is 1. The molecule has 0 saturated carbocycles. The predicted molar refractivity (Wildman–Crippen MR) is 109 cm³/mol. The Morgan fingerprint density at radius 1 is 1.19 bits per heavy atom. The van der Waals surface area contributed by atoms with Gasteiger partial charge in [0.15, 0.2) is 11.5 Å². The molecule has 27 heavy (non-hydrogen) atoms. The summed E-state index contributed by atoms with van der Waals surface area (Å²) in [6, 6.07) is 10.0. The molecule has 0 saturated heterocycles. The molecule has 138 valence electrons. The SMILES string of the molecule is CN(C)c1ccn(-c2ccccc2CNc2nc(Cl)nn3c(Br)cnc23)n1. The second-order valence-electron chi connectivity index (χ2n) is 6.04. The predicted octanol–water partition coefficient (Wildman–Crippen LogP) is 3.40. The summed E-state index contributed by atoms with van der Waals surface area (Å²) in [7, 11) is 3.93. The fourth-order valence-corrected chi connectivity index (χ4v) is 3.21. The highest BCUT2D eigenvalue weighted by Crippen LogP contribution is 2.22. The van der Waals surface area contributed by atoms with Gasteiger partial charge in [-0.1, -0.05) is 18.2 Å². The molecular weight excluding hydrogens is 432 g/mol. The van der Waals surface area contributed by atoms with Crippen LogP contribution in [0.2, 0.25) is 5.28 Å². The van der Waals surface area contributed by atoms with E-state index in [0.717, 1.165) is 17.1 Å². The van der Waals surface area contributed by atoms with Gasteiger partial charge in [-0.15, -0.1) is 5.10 Å². The van der Waals surface area contributed by atoms with Gasteiger partial charge in [-0.25, -0.2) is 14.2 Å². The summed E-state index contributed by atoms with van der Waals surface area (Å²) in [5.74, 6) is 1.45. The lowest BCUT2D eigenvalue weighted by Gasteiger charge is -2.12. The Bertz CT molecular complexity index is 1100. The van der Waals surface area contributed by atoms with E-state index in [9.17, 15) is 0 Å². The molecule has 0 aliphatic rings. The highest BCUT2D eigenvalue weighted by molar-refractivity contribution is 9.10. The molecule has 4 rings (SSSR count). The van der Waals surface area contributed by atoms with E-state index in [4.69, 9.17) is 11.6 Å². The maximum Gasteiger partial charge on any atom is 0.243 e. The third-order valence-electron chi connectivity index (χ3n) is 4.01. The van der Waals surface area contributed by atoms with Crippen molar-refractivity contribution < 1.29 is 0 Å². The van der Waals surface area contributed by atoms with Crippen molar-refractivity contribution in [3.8, 4) is 5.69 Å². The van der Waals surface area contributed by atoms with Gasteiger partial charge in [-0.3, -0.25) is 0 Å². The molecule has 0 amide bonds. The van der Waals surface area contributed by atoms with Gasteiger partial charge in [0.05, 0.1) is 11.9 Å². The van der Waals surface area contributed by atoms with E-state index in [2.05, 4.69) is 41.4 Å². The minimum Gasteiger partial charge on any atom is -0.363 e. The van der Waals surface area contributed by atoms with Crippen LogP contribution in [0, 0.1) is 0 Å². The lowest BCUT2D eigenvalue weighted by atomic mass is 10.2. The van der Waals surface area contributed by atoms with Crippen molar-refractivity contribution >= 4 is 44.8 Å². The molecule has 3 aromatic heterocycles. The second-order valence-corrected chi connectivity index (χ2v) is 7.19. The summed E-state index contributed by atoms with van der Waals surface area (Å²) in [4.78, 5) is 10.6. The second kappa shape index (κ2) is 7.16. The number of rotatable bonds is 5. The molecule has 1 aromatic carbocycles. The Kier molecular flexibility index (Phi) is 4.71. The van der Waals surface area contributed by atoms with Crippen molar-refractivity contribution in [2.45, 2.75) is 6.54 Å². The number of anilines is 2. The summed E-state index contributed by atoms with van der Waals surface area (Å²) >= 11 is 9.44. The van der Waals surface area contributed by atoms with Gasteiger partial charge in [0.1, 0.15) is 10.4 Å². The van der Waals surface area contributed by atoms with E-state index in [1.807, 2.05) is 60.2 Å². The lowest BCUT2D eigenvalue weighted by Crippen LogP contribution is -2.11. The number of hydrogen-bond donors (Lipinski definition) is 1. The normalized spacial score (nSPS) is 11.1. The summed E-state index contributed by atoms with van der Waals surface area (Å²) in [5, 5.41) is 12.2. The van der Waals surface area contributed by atoms with E-state index >= 15 is 0 Å². The fraction of sp³-hybridized carbons (Fsp3) is 0.176. The molecule has 10 heteroatoms. The molecule has 0 spiro atoms. The van der Waals surface area contributed by atoms with Gasteiger partial charge < -0.3 is 10.2 Å². The standard InChI is InChI=1S/C17H16BrClN8/c1-25(2)14-7-8-26(23-14)12-6-4-3-5-11(12)9-20-15-16-21-10-13(18)27(16)24-17(19)22-15/h3-8,10H,9H2,1-2H3,(H,20,22,24). The number of aromatic nitrogens is 6. The van der Waals surface area contributed by atoms with Gasteiger partial charge in [0.25, 0.3) is 0 Å². The van der Waals surface area contributed by atoms with Crippen LogP contribution in [-0.4, -0.2) is 43.5 Å². The first-order valence-electron chi connectivity index (χ1n) is 8.15. The van der Waals surface area contributed by atoms with Gasteiger partial charge in [0, 0.05) is 32.9 Å². The van der Waals surface area contributed by atoms with E-state index in [-0.39, 0.29) is 5.28 Å². The first kappa shape index (κ1) is 17.7. The Balaban J connectivity index is 1.65. The monoisotopic (exact) mass is 446 g/mol. The number of nitrogens with one attached hydrogen (secondary N) is 1. The van der Waals surface area contributed by atoms with Gasteiger partial charge in [-0.2, -0.15) is 10.1 Å². The Hall–Kier alpha value is -2.65. The largest absolute Gasteiger partial charge is 0.363 e. The van der Waals surface area contributed by atoms with Gasteiger partial charge >= 0.3 is 0 Å². The smallest absolute Gasteiger partial charge is 0.243 e. The molecule has 0 aliphatic carbocycles. The van der Waals surface area contributed by atoms with E-state index in [1.54, 1.807) is 10.7 Å². The zero-order valence-electron chi connectivity index (χ0n) is 14.6. The third kappa shape index (κ3) is 3.47. The van der Waals surface area contributed by atoms with Crippen LogP contribution in [0.5, 0.6) is 0 Å². The van der Waals surface area contributed by atoms with Crippen LogP contribution in [0.25, 0.3) is 11.3 Å². The fourth-order valence-electron chi connectivity index (χ4n) is 2.70. The van der Waals surface area contributed by atoms with Crippen LogP contribution < -0.4 is 10.2 Å². The van der Waals surface area contributed by atoms with Crippen molar-refractivity contribution in [3.63, 3.8) is 0 Å². The minimum absolute atomic E-state index is 0.139. The first-order chi connectivity index (χ1) is 13.0. The molecule has 0 bridgehead atoms. The van der Waals surface area contributed by atoms with Crippen molar-refractivity contribution in [3.05, 3.63) is 58.2 Å². The summed E-state index contributed by atoms with van der Waals surface area (Å²) < 4.78 is 4.17. The molecule has 8 nitrogen and oxygen atoms in total. The number of para-hydroxylation sites is 1. The number of nitrogens with zero attached hydrogens (tertiary/aromatic N) is 7. The Labute approximate surface area is 168 Å². The average molecular weight is 448 g/mol. The summed E-state index contributed by atoms with van der Waals surface area (Å²) in [6.45, 7) is 0.529. The number of imidazole rings is 1. The van der Waals surface area contributed by atoms with Gasteiger partial charge in [0.2, 0.25) is 5.28 Å². The lowest BCUT2D eigenvalue weighted by molar-refractivity contribution is 0.849. The van der Waals surface area contributed by atoms with Crippen LogP contribution >= 0.6 is 27.5 Å².